The van der Waals surface area contributed by atoms with E-state index in [1.165, 1.54) is 12.0 Å². The summed E-state index contributed by atoms with van der Waals surface area (Å²) < 4.78 is 7.45. The maximum absolute atomic E-state index is 13.2. The van der Waals surface area contributed by atoms with Crippen LogP contribution in [0.3, 0.4) is 0 Å². The molecule has 2 aliphatic rings. The quantitative estimate of drug-likeness (QED) is 0.620. The Bertz CT molecular complexity index is 1040. The number of pyridine rings is 1. The number of carbonyl (C=O) groups excluding carboxylic acids is 1. The molecular weight excluding hydrogens is 402 g/mol. The maximum atomic E-state index is 13.2. The first kappa shape index (κ1) is 21.1. The third-order valence-electron chi connectivity index (χ3n) is 6.47. The molecule has 7 heteroatoms. The van der Waals surface area contributed by atoms with Crippen LogP contribution in [0.5, 0.6) is 0 Å². The van der Waals surface area contributed by atoms with Gasteiger partial charge in [-0.15, -0.1) is 0 Å². The molecule has 0 unspecified atom stereocenters. The van der Waals surface area contributed by atoms with E-state index in [4.69, 9.17) is 4.74 Å². The fourth-order valence-corrected chi connectivity index (χ4v) is 4.76. The number of hydrogen-bond donors (Lipinski definition) is 1. The summed E-state index contributed by atoms with van der Waals surface area (Å²) in [6.07, 6.45) is 3.19. The highest BCUT2D eigenvalue weighted by molar-refractivity contribution is 5.94. The molecule has 1 N–H and O–H groups in total. The first-order valence-electron chi connectivity index (χ1n) is 11.6. The second kappa shape index (κ2) is 9.81. The van der Waals surface area contributed by atoms with Crippen molar-refractivity contribution in [3.8, 4) is 0 Å². The zero-order valence-electron chi connectivity index (χ0n) is 18.4. The van der Waals surface area contributed by atoms with Crippen molar-refractivity contribution >= 4 is 11.6 Å². The van der Waals surface area contributed by atoms with Crippen molar-refractivity contribution in [2.24, 2.45) is 5.92 Å². The Morgan fingerprint density at radius 1 is 1.06 bits per heavy atom. The van der Waals surface area contributed by atoms with E-state index in [1.807, 2.05) is 33.7 Å². The van der Waals surface area contributed by atoms with E-state index in [9.17, 15) is 4.79 Å². The lowest BCUT2D eigenvalue weighted by Gasteiger charge is -2.26. The largest absolute Gasteiger partial charge is 0.378 e. The van der Waals surface area contributed by atoms with Crippen molar-refractivity contribution in [2.75, 3.05) is 45.9 Å². The molecule has 4 heterocycles. The van der Waals surface area contributed by atoms with Crippen LogP contribution in [0.2, 0.25) is 0 Å². The van der Waals surface area contributed by atoms with Gasteiger partial charge in [-0.3, -0.25) is 9.69 Å². The van der Waals surface area contributed by atoms with Crippen molar-refractivity contribution in [3.63, 3.8) is 0 Å². The van der Waals surface area contributed by atoms with Crippen molar-refractivity contribution < 1.29 is 9.53 Å². The Morgan fingerprint density at radius 2 is 1.88 bits per heavy atom. The predicted molar refractivity (Wildman–Crippen MR) is 123 cm³/mol. The number of amides is 1. The highest BCUT2D eigenvalue weighted by Crippen LogP contribution is 2.19. The SMILES string of the molecule is O=C(c1nc2ccccn2c1CNC[C@H]1CCN(Cc2ccccc2)C1)N1CCOCC1. The van der Waals surface area contributed by atoms with Gasteiger partial charge in [-0.05, 0) is 43.1 Å². The number of hydrogen-bond acceptors (Lipinski definition) is 5. The molecule has 32 heavy (non-hydrogen) atoms. The summed E-state index contributed by atoms with van der Waals surface area (Å²) in [5.74, 6) is 0.625. The Balaban J connectivity index is 1.22. The summed E-state index contributed by atoms with van der Waals surface area (Å²) in [5.41, 5.74) is 3.69. The topological polar surface area (TPSA) is 62.1 Å². The predicted octanol–water partition coefficient (Wildman–Crippen LogP) is 2.42. The molecule has 0 bridgehead atoms. The summed E-state index contributed by atoms with van der Waals surface area (Å²) in [7, 11) is 0. The number of nitrogens with zero attached hydrogens (tertiary/aromatic N) is 4. The number of rotatable bonds is 7. The van der Waals surface area contributed by atoms with E-state index < -0.39 is 0 Å². The van der Waals surface area contributed by atoms with Crippen molar-refractivity contribution in [2.45, 2.75) is 19.5 Å². The number of ether oxygens (including phenoxy) is 1. The second-order valence-corrected chi connectivity index (χ2v) is 8.75. The molecule has 2 aliphatic heterocycles. The van der Waals surface area contributed by atoms with E-state index in [0.29, 0.717) is 44.5 Å². The number of carbonyl (C=O) groups is 1. The highest BCUT2D eigenvalue weighted by atomic mass is 16.5. The number of morpholine rings is 1. The molecule has 1 atom stereocenters. The molecule has 2 aromatic heterocycles. The molecule has 0 saturated carbocycles. The van der Waals surface area contributed by atoms with Crippen LogP contribution in [0, 0.1) is 5.92 Å². The number of fused-ring (bicyclic) bond motifs is 1. The average molecular weight is 434 g/mol. The lowest BCUT2D eigenvalue weighted by atomic mass is 10.1. The van der Waals surface area contributed by atoms with Gasteiger partial charge in [0.2, 0.25) is 0 Å². The zero-order chi connectivity index (χ0) is 21.8. The van der Waals surface area contributed by atoms with E-state index in [2.05, 4.69) is 45.5 Å². The molecule has 7 nitrogen and oxygen atoms in total. The van der Waals surface area contributed by atoms with Crippen LogP contribution in [-0.4, -0.2) is 71.0 Å². The van der Waals surface area contributed by atoms with Crippen molar-refractivity contribution in [1.29, 1.82) is 0 Å². The third kappa shape index (κ3) is 4.70. The monoisotopic (exact) mass is 433 g/mol. The van der Waals surface area contributed by atoms with Gasteiger partial charge >= 0.3 is 0 Å². The van der Waals surface area contributed by atoms with Crippen LogP contribution in [0.4, 0.5) is 0 Å². The number of benzene rings is 1. The van der Waals surface area contributed by atoms with E-state index >= 15 is 0 Å². The minimum absolute atomic E-state index is 0.00343. The van der Waals surface area contributed by atoms with E-state index in [-0.39, 0.29) is 5.91 Å². The summed E-state index contributed by atoms with van der Waals surface area (Å²) in [6, 6.07) is 16.6. The molecule has 1 aromatic carbocycles. The van der Waals surface area contributed by atoms with Crippen LogP contribution in [-0.2, 0) is 17.8 Å². The summed E-state index contributed by atoms with van der Waals surface area (Å²) >= 11 is 0. The minimum Gasteiger partial charge on any atom is -0.378 e. The van der Waals surface area contributed by atoms with Crippen LogP contribution >= 0.6 is 0 Å². The highest BCUT2D eigenvalue weighted by Gasteiger charge is 2.26. The third-order valence-corrected chi connectivity index (χ3v) is 6.47. The molecule has 0 radical (unpaired) electrons. The van der Waals surface area contributed by atoms with Gasteiger partial charge in [0.25, 0.3) is 5.91 Å². The standard InChI is InChI=1S/C25H31N5O2/c31-25(29-12-14-32-15-13-29)24-22(30-10-5-4-8-23(30)27-24)17-26-16-21-9-11-28(19-21)18-20-6-2-1-3-7-20/h1-8,10,21,26H,9,11-19H2/t21-/m1/s1. The molecule has 0 aliphatic carbocycles. The van der Waals surface area contributed by atoms with Gasteiger partial charge in [-0.25, -0.2) is 4.98 Å². The Kier molecular flexibility index (Phi) is 6.48. The van der Waals surface area contributed by atoms with Crippen molar-refractivity contribution in [1.82, 2.24) is 24.5 Å². The maximum Gasteiger partial charge on any atom is 0.274 e. The van der Waals surface area contributed by atoms with Crippen LogP contribution in [0.15, 0.2) is 54.7 Å². The Morgan fingerprint density at radius 3 is 2.72 bits per heavy atom. The lowest BCUT2D eigenvalue weighted by molar-refractivity contribution is 0.0298. The Hall–Kier alpha value is -2.74. The number of aromatic nitrogens is 2. The van der Waals surface area contributed by atoms with Gasteiger partial charge in [0, 0.05) is 38.9 Å². The molecule has 0 spiro atoms. The van der Waals surface area contributed by atoms with Crippen molar-refractivity contribution in [3.05, 3.63) is 71.7 Å². The number of likely N-dealkylation sites (tertiary alicyclic amines) is 1. The van der Waals surface area contributed by atoms with Gasteiger partial charge in [0.05, 0.1) is 18.9 Å². The molecule has 5 rings (SSSR count). The second-order valence-electron chi connectivity index (χ2n) is 8.75. The van der Waals surface area contributed by atoms with Crippen LogP contribution in [0.25, 0.3) is 5.65 Å². The van der Waals surface area contributed by atoms with E-state index in [1.54, 1.807) is 0 Å². The average Bonchev–Trinajstić information content (AvgIpc) is 3.44. The number of nitrogens with one attached hydrogen (secondary N) is 1. The molecule has 168 valence electrons. The zero-order valence-corrected chi connectivity index (χ0v) is 18.4. The Labute approximate surface area is 189 Å². The van der Waals surface area contributed by atoms with Crippen LogP contribution in [0.1, 0.15) is 28.2 Å². The lowest BCUT2D eigenvalue weighted by Crippen LogP contribution is -2.41. The molecule has 2 saturated heterocycles. The van der Waals surface area contributed by atoms with Crippen LogP contribution < -0.4 is 5.32 Å². The summed E-state index contributed by atoms with van der Waals surface area (Å²) in [5, 5.41) is 3.62. The first-order valence-corrected chi connectivity index (χ1v) is 11.6. The number of imidazole rings is 1. The minimum atomic E-state index is 0.00343. The summed E-state index contributed by atoms with van der Waals surface area (Å²) in [6.45, 7) is 7.26. The van der Waals surface area contributed by atoms with Gasteiger partial charge in [0.1, 0.15) is 5.65 Å². The fraction of sp³-hybridized carbons (Fsp3) is 0.440. The molecule has 1 amide bonds. The van der Waals surface area contributed by atoms with Gasteiger partial charge < -0.3 is 19.4 Å². The molecular formula is C25H31N5O2. The smallest absolute Gasteiger partial charge is 0.274 e. The fourth-order valence-electron chi connectivity index (χ4n) is 4.76. The van der Waals surface area contributed by atoms with Gasteiger partial charge in [-0.2, -0.15) is 0 Å². The van der Waals surface area contributed by atoms with Gasteiger partial charge in [0.15, 0.2) is 5.69 Å². The van der Waals surface area contributed by atoms with E-state index in [0.717, 1.165) is 37.5 Å². The first-order chi connectivity index (χ1) is 15.8. The van der Waals surface area contributed by atoms with Gasteiger partial charge in [-0.1, -0.05) is 36.4 Å². The normalized spacial score (nSPS) is 19.6. The molecule has 3 aromatic rings. The summed E-state index contributed by atoms with van der Waals surface area (Å²) in [4.78, 5) is 22.3. The molecule has 2 fully saturated rings.